The van der Waals surface area contributed by atoms with Gasteiger partial charge in [-0.3, -0.25) is 10.9 Å². The third kappa shape index (κ3) is 15.5. The highest BCUT2D eigenvalue weighted by Crippen LogP contribution is 2.25. The Bertz CT molecular complexity index is 686. The molecule has 5 N–H and O–H groups in total. The Morgan fingerprint density at radius 1 is 0.710 bits per heavy atom. The predicted molar refractivity (Wildman–Crippen MR) is 122 cm³/mol. The monoisotopic (exact) mass is 454 g/mol. The summed E-state index contributed by atoms with van der Waals surface area (Å²) in [5, 5.41) is 0. The molecule has 0 radical (unpaired) electrons. The Morgan fingerprint density at radius 2 is 1.03 bits per heavy atom. The molecule has 0 saturated carbocycles. The smallest absolute Gasteiger partial charge is 0.466 e. The second-order valence-corrected chi connectivity index (χ2v) is 7.94. The SMILES string of the molecule is CCCCOc1ccc(CNNCc2ccc(OCCCC)cc2)cc1.O=P(O)(O)O. The lowest BCUT2D eigenvalue weighted by Crippen LogP contribution is -2.30. The van der Waals surface area contributed by atoms with E-state index >= 15 is 0 Å². The summed E-state index contributed by atoms with van der Waals surface area (Å²) >= 11 is 0. The average molecular weight is 455 g/mol. The Labute approximate surface area is 184 Å². The van der Waals surface area contributed by atoms with Gasteiger partial charge in [-0.2, -0.15) is 0 Å². The van der Waals surface area contributed by atoms with Gasteiger partial charge in [-0.1, -0.05) is 51.0 Å². The maximum absolute atomic E-state index is 8.88. The van der Waals surface area contributed by atoms with Crippen LogP contribution in [-0.2, 0) is 17.7 Å². The lowest BCUT2D eigenvalue weighted by atomic mass is 10.2. The van der Waals surface area contributed by atoms with Gasteiger partial charge < -0.3 is 24.2 Å². The molecule has 0 unspecified atom stereocenters. The van der Waals surface area contributed by atoms with Gasteiger partial charge in [0.25, 0.3) is 0 Å². The molecule has 0 fully saturated rings. The first-order valence-electron chi connectivity index (χ1n) is 10.5. The zero-order valence-electron chi connectivity index (χ0n) is 18.3. The highest BCUT2D eigenvalue weighted by Gasteiger charge is 2.00. The van der Waals surface area contributed by atoms with Crippen molar-refractivity contribution in [1.82, 2.24) is 10.9 Å². The Hall–Kier alpha value is -1.93. The minimum atomic E-state index is -4.64. The summed E-state index contributed by atoms with van der Waals surface area (Å²) in [5.41, 5.74) is 8.96. The average Bonchev–Trinajstić information content (AvgIpc) is 2.72. The largest absolute Gasteiger partial charge is 0.494 e. The van der Waals surface area contributed by atoms with Crippen LogP contribution in [0.1, 0.15) is 50.7 Å². The highest BCUT2D eigenvalue weighted by atomic mass is 31.2. The lowest BCUT2D eigenvalue weighted by molar-refractivity contribution is 0.275. The second-order valence-electron chi connectivity index (χ2n) is 6.91. The molecular formula is C22H35N2O6P. The fourth-order valence-electron chi connectivity index (χ4n) is 2.40. The molecule has 0 bridgehead atoms. The summed E-state index contributed by atoms with van der Waals surface area (Å²) < 4.78 is 20.2. The van der Waals surface area contributed by atoms with Gasteiger partial charge in [0.15, 0.2) is 0 Å². The third-order valence-electron chi connectivity index (χ3n) is 4.09. The van der Waals surface area contributed by atoms with Crippen LogP contribution in [0.25, 0.3) is 0 Å². The molecule has 0 aromatic heterocycles. The molecule has 2 aromatic carbocycles. The molecule has 2 rings (SSSR count). The van der Waals surface area contributed by atoms with Crippen molar-refractivity contribution >= 4 is 7.82 Å². The van der Waals surface area contributed by atoms with E-state index in [-0.39, 0.29) is 0 Å². The van der Waals surface area contributed by atoms with E-state index in [1.165, 1.54) is 11.1 Å². The van der Waals surface area contributed by atoms with Crippen molar-refractivity contribution in [3.63, 3.8) is 0 Å². The standard InChI is InChI=1S/C22H32N2O2.H3O4P/c1-3-5-15-25-21-11-7-19(8-12-21)17-23-24-18-20-9-13-22(14-10-20)26-16-6-4-2;1-5(2,3)4/h7-14,23-24H,3-6,15-18H2,1-2H3;(H3,1,2,3,4). The number of nitrogens with one attached hydrogen (secondary N) is 2. The molecule has 0 heterocycles. The van der Waals surface area contributed by atoms with E-state index in [0.29, 0.717) is 0 Å². The summed E-state index contributed by atoms with van der Waals surface area (Å²) in [6.07, 6.45) is 4.50. The number of hydrazine groups is 1. The maximum Gasteiger partial charge on any atom is 0.466 e. The Balaban J connectivity index is 0.000000861. The summed E-state index contributed by atoms with van der Waals surface area (Å²) in [6, 6.07) is 16.5. The normalized spacial score (nSPS) is 10.9. The predicted octanol–water partition coefficient (Wildman–Crippen LogP) is 3.91. The number of hydrogen-bond acceptors (Lipinski definition) is 5. The number of unbranched alkanes of at least 4 members (excludes halogenated alkanes) is 2. The number of hydrogen-bond donors (Lipinski definition) is 5. The van der Waals surface area contributed by atoms with Crippen LogP contribution < -0.4 is 20.3 Å². The molecule has 31 heavy (non-hydrogen) atoms. The fourth-order valence-corrected chi connectivity index (χ4v) is 2.40. The molecule has 0 spiro atoms. The molecule has 0 amide bonds. The van der Waals surface area contributed by atoms with Gasteiger partial charge in [0, 0.05) is 13.1 Å². The quantitative estimate of drug-likeness (QED) is 0.176. The highest BCUT2D eigenvalue weighted by molar-refractivity contribution is 7.45. The molecule has 0 aliphatic carbocycles. The first-order valence-corrected chi connectivity index (χ1v) is 12.1. The van der Waals surface area contributed by atoms with Crippen LogP contribution in [0.15, 0.2) is 48.5 Å². The van der Waals surface area contributed by atoms with Crippen LogP contribution in [0.2, 0.25) is 0 Å². The Morgan fingerprint density at radius 3 is 1.32 bits per heavy atom. The van der Waals surface area contributed by atoms with E-state index in [1.54, 1.807) is 0 Å². The van der Waals surface area contributed by atoms with Gasteiger partial charge in [-0.25, -0.2) is 4.57 Å². The summed E-state index contributed by atoms with van der Waals surface area (Å²) in [4.78, 5) is 21.6. The van der Waals surface area contributed by atoms with Crippen LogP contribution in [0.3, 0.4) is 0 Å². The van der Waals surface area contributed by atoms with Gasteiger partial charge in [0.2, 0.25) is 0 Å². The van der Waals surface area contributed by atoms with Gasteiger partial charge in [-0.15, -0.1) is 0 Å². The fraction of sp³-hybridized carbons (Fsp3) is 0.455. The molecule has 2 aromatic rings. The zero-order valence-corrected chi connectivity index (χ0v) is 19.2. The van der Waals surface area contributed by atoms with Crippen molar-refractivity contribution in [3.8, 4) is 11.5 Å². The maximum atomic E-state index is 8.88. The van der Waals surface area contributed by atoms with Gasteiger partial charge in [0.1, 0.15) is 11.5 Å². The minimum Gasteiger partial charge on any atom is -0.494 e. The zero-order chi connectivity index (χ0) is 23.0. The van der Waals surface area contributed by atoms with Crippen molar-refractivity contribution in [3.05, 3.63) is 59.7 Å². The van der Waals surface area contributed by atoms with E-state index < -0.39 is 7.82 Å². The number of phosphoric acid groups is 1. The van der Waals surface area contributed by atoms with Crippen molar-refractivity contribution in [2.24, 2.45) is 0 Å². The molecule has 9 heteroatoms. The van der Waals surface area contributed by atoms with Gasteiger partial charge in [-0.05, 0) is 48.2 Å². The van der Waals surface area contributed by atoms with Crippen molar-refractivity contribution < 1.29 is 28.7 Å². The van der Waals surface area contributed by atoms with E-state index in [4.69, 9.17) is 28.7 Å². The summed E-state index contributed by atoms with van der Waals surface area (Å²) in [7, 11) is -4.64. The van der Waals surface area contributed by atoms with E-state index in [0.717, 1.165) is 63.5 Å². The molecule has 0 aliphatic heterocycles. The number of rotatable bonds is 13. The minimum absolute atomic E-state index is 0.771. The number of ether oxygens (including phenoxy) is 2. The Kier molecular flexibility index (Phi) is 13.8. The molecule has 0 aliphatic rings. The topological polar surface area (TPSA) is 120 Å². The summed E-state index contributed by atoms with van der Waals surface area (Å²) in [5.74, 6) is 1.88. The van der Waals surface area contributed by atoms with E-state index in [1.807, 2.05) is 24.3 Å². The van der Waals surface area contributed by atoms with Gasteiger partial charge in [0.05, 0.1) is 13.2 Å². The van der Waals surface area contributed by atoms with Crippen LogP contribution in [-0.4, -0.2) is 27.9 Å². The number of benzene rings is 2. The van der Waals surface area contributed by atoms with E-state index in [2.05, 4.69) is 49.0 Å². The van der Waals surface area contributed by atoms with Gasteiger partial charge >= 0.3 is 7.82 Å². The van der Waals surface area contributed by atoms with Crippen molar-refractivity contribution in [2.75, 3.05) is 13.2 Å². The van der Waals surface area contributed by atoms with Crippen molar-refractivity contribution in [2.45, 2.75) is 52.6 Å². The second kappa shape index (κ2) is 15.8. The molecule has 0 atom stereocenters. The molecule has 174 valence electrons. The van der Waals surface area contributed by atoms with E-state index in [9.17, 15) is 0 Å². The lowest BCUT2D eigenvalue weighted by Gasteiger charge is -2.10. The van der Waals surface area contributed by atoms with Crippen LogP contribution >= 0.6 is 7.82 Å². The van der Waals surface area contributed by atoms with Crippen LogP contribution in [0.4, 0.5) is 0 Å². The summed E-state index contributed by atoms with van der Waals surface area (Å²) in [6.45, 7) is 7.46. The first-order chi connectivity index (χ1) is 14.8. The molecular weight excluding hydrogens is 419 g/mol. The van der Waals surface area contributed by atoms with Crippen molar-refractivity contribution in [1.29, 1.82) is 0 Å². The third-order valence-corrected chi connectivity index (χ3v) is 4.09. The molecule has 8 nitrogen and oxygen atoms in total. The molecule has 0 saturated heterocycles. The first kappa shape index (κ1) is 27.1. The van der Waals surface area contributed by atoms with Crippen LogP contribution in [0.5, 0.6) is 11.5 Å². The van der Waals surface area contributed by atoms with Crippen LogP contribution in [0, 0.1) is 0 Å².